The Morgan fingerprint density at radius 3 is 1.06 bits per heavy atom. The van der Waals surface area contributed by atoms with Crippen LogP contribution in [0, 0.1) is 0 Å². The van der Waals surface area contributed by atoms with Gasteiger partial charge in [-0.15, -0.1) is 0 Å². The highest BCUT2D eigenvalue weighted by atomic mass is 32.1. The van der Waals surface area contributed by atoms with Crippen molar-refractivity contribution in [3.8, 4) is 0 Å². The van der Waals surface area contributed by atoms with Gasteiger partial charge in [0.25, 0.3) is 0 Å². The summed E-state index contributed by atoms with van der Waals surface area (Å²) < 4.78 is 0. The maximum Gasteiger partial charge on any atom is 0.313 e. The van der Waals surface area contributed by atoms with E-state index >= 15 is 0 Å². The van der Waals surface area contributed by atoms with Crippen LogP contribution < -0.4 is 0 Å². The fourth-order valence-electron chi connectivity index (χ4n) is 0.224. The molecule has 0 radical (unpaired) electrons. The second-order valence-electron chi connectivity index (χ2n) is 2.26. The number of hydrogen-bond acceptors (Lipinski definition) is 6. The zero-order valence-corrected chi connectivity index (χ0v) is 10.5. The average Bonchev–Trinajstić information content (AvgIpc) is 2.27. The summed E-state index contributed by atoms with van der Waals surface area (Å²) in [6, 6.07) is 0. The number of thiol groups is 2. The molecule has 0 aromatic heterocycles. The molecule has 0 aromatic carbocycles. The van der Waals surface area contributed by atoms with E-state index in [-0.39, 0.29) is 24.7 Å². The number of aliphatic carboxylic acids is 2. The minimum absolute atomic E-state index is 0.0833. The number of rotatable bonds is 5. The van der Waals surface area contributed by atoms with Crippen molar-refractivity contribution >= 4 is 37.2 Å². The fraction of sp³-hybridized carbons (Fsp3) is 0.750. The van der Waals surface area contributed by atoms with Crippen molar-refractivity contribution in [3.05, 3.63) is 0 Å². The van der Waals surface area contributed by atoms with Gasteiger partial charge in [-0.25, -0.2) is 0 Å². The lowest BCUT2D eigenvalue weighted by molar-refractivity contribution is -0.134. The van der Waals surface area contributed by atoms with E-state index < -0.39 is 11.9 Å². The van der Waals surface area contributed by atoms with Crippen LogP contribution in [0.1, 0.15) is 12.8 Å². The summed E-state index contributed by atoms with van der Waals surface area (Å²) in [6.45, 7) is 0.390. The van der Waals surface area contributed by atoms with Crippen LogP contribution in [0.15, 0.2) is 0 Å². The molecule has 8 heteroatoms. The first kappa shape index (κ1) is 20.9. The van der Waals surface area contributed by atoms with E-state index in [0.29, 0.717) is 0 Å². The first-order chi connectivity index (χ1) is 7.45. The van der Waals surface area contributed by atoms with E-state index in [2.05, 4.69) is 25.3 Å². The van der Waals surface area contributed by atoms with Crippen molar-refractivity contribution in [3.63, 3.8) is 0 Å². The first-order valence-corrected chi connectivity index (χ1v) is 5.59. The minimum Gasteiger partial charge on any atom is -0.481 e. The van der Waals surface area contributed by atoms with Crippen molar-refractivity contribution in [2.24, 2.45) is 0 Å². The summed E-state index contributed by atoms with van der Waals surface area (Å²) in [6.07, 6.45) is 1.44. The molecule has 0 saturated heterocycles. The molecule has 6 nitrogen and oxygen atoms in total. The number of carbonyl (C=O) groups is 2. The van der Waals surface area contributed by atoms with Crippen LogP contribution in [0.2, 0.25) is 0 Å². The van der Waals surface area contributed by atoms with Crippen LogP contribution in [0.25, 0.3) is 0 Å². The Kier molecular flexibility index (Phi) is 26.2. The molecule has 0 saturated carbocycles. The van der Waals surface area contributed by atoms with E-state index in [9.17, 15) is 9.59 Å². The molecule has 0 aromatic rings. The summed E-state index contributed by atoms with van der Waals surface area (Å²) in [4.78, 5) is 18.6. The molecule has 98 valence electrons. The Labute approximate surface area is 105 Å². The lowest BCUT2D eigenvalue weighted by Crippen LogP contribution is -1.92. The third kappa shape index (κ3) is 49.7. The molecule has 16 heavy (non-hydrogen) atoms. The Morgan fingerprint density at radius 2 is 1.00 bits per heavy atom. The molecule has 0 aliphatic carbocycles. The van der Waals surface area contributed by atoms with E-state index in [1.165, 1.54) is 0 Å². The Morgan fingerprint density at radius 1 is 0.812 bits per heavy atom. The van der Waals surface area contributed by atoms with Crippen molar-refractivity contribution < 1.29 is 30.0 Å². The van der Waals surface area contributed by atoms with E-state index in [1.807, 2.05) is 0 Å². The van der Waals surface area contributed by atoms with Gasteiger partial charge in [0.2, 0.25) is 0 Å². The standard InChI is InChI=1S/C4H10O2.2C2H4O2S/c5-3-1-2-4-6;2*3-2(4)1-5/h5-6H,1-4H2;2*5H,1H2,(H,3,4). The number of carboxylic acid groups (broad SMARTS) is 2. The molecular weight excluding hydrogens is 256 g/mol. The Balaban J connectivity index is -0.000000160. The summed E-state index contributed by atoms with van der Waals surface area (Å²) in [5, 5.41) is 31.5. The largest absolute Gasteiger partial charge is 0.481 e. The van der Waals surface area contributed by atoms with Crippen LogP contribution in [-0.2, 0) is 9.59 Å². The highest BCUT2D eigenvalue weighted by Gasteiger charge is 1.82. The first-order valence-electron chi connectivity index (χ1n) is 4.33. The van der Waals surface area contributed by atoms with E-state index in [1.54, 1.807) is 0 Å². The summed E-state index contributed by atoms with van der Waals surface area (Å²) in [7, 11) is 0. The van der Waals surface area contributed by atoms with Crippen molar-refractivity contribution in [2.75, 3.05) is 24.7 Å². The monoisotopic (exact) mass is 274 g/mol. The number of hydrogen-bond donors (Lipinski definition) is 6. The summed E-state index contributed by atoms with van der Waals surface area (Å²) in [5.41, 5.74) is 0. The molecule has 0 rings (SSSR count). The van der Waals surface area contributed by atoms with Gasteiger partial charge in [0.05, 0.1) is 11.5 Å². The van der Waals surface area contributed by atoms with E-state index in [4.69, 9.17) is 20.4 Å². The Bertz CT molecular complexity index is 147. The van der Waals surface area contributed by atoms with Crippen LogP contribution in [-0.4, -0.2) is 57.1 Å². The summed E-state index contributed by atoms with van der Waals surface area (Å²) >= 11 is 6.83. The highest BCUT2D eigenvalue weighted by molar-refractivity contribution is 7.81. The molecular formula is C8H18O6S2. The molecule has 0 bridgehead atoms. The zero-order chi connectivity index (χ0) is 13.4. The molecule has 0 heterocycles. The molecule has 0 unspecified atom stereocenters. The second-order valence-corrected chi connectivity index (χ2v) is 2.89. The van der Waals surface area contributed by atoms with Gasteiger partial charge in [-0.2, -0.15) is 25.3 Å². The third-order valence-corrected chi connectivity index (χ3v) is 1.38. The number of unbranched alkanes of at least 4 members (excludes halogenated alkanes) is 1. The van der Waals surface area contributed by atoms with Crippen LogP contribution >= 0.6 is 25.3 Å². The average molecular weight is 274 g/mol. The predicted octanol–water partition coefficient (Wildman–Crippen LogP) is -0.247. The number of aliphatic hydroxyl groups excluding tert-OH is 2. The highest BCUT2D eigenvalue weighted by Crippen LogP contribution is 1.80. The normalized spacial score (nSPS) is 8.00. The SMILES string of the molecule is O=C(O)CS.O=C(O)CS.OCCCCO. The molecule has 0 atom stereocenters. The molecule has 4 N–H and O–H groups in total. The van der Waals surface area contributed by atoms with Crippen LogP contribution in [0.4, 0.5) is 0 Å². The lowest BCUT2D eigenvalue weighted by Gasteiger charge is -1.85. The summed E-state index contributed by atoms with van der Waals surface area (Å²) in [5.74, 6) is -1.93. The molecule has 0 fully saturated rings. The molecule has 0 amide bonds. The third-order valence-electron chi connectivity index (χ3n) is 0.837. The predicted molar refractivity (Wildman–Crippen MR) is 66.4 cm³/mol. The number of carboxylic acids is 2. The van der Waals surface area contributed by atoms with Gasteiger partial charge in [0, 0.05) is 13.2 Å². The maximum atomic E-state index is 9.29. The van der Waals surface area contributed by atoms with Gasteiger partial charge in [-0.1, -0.05) is 0 Å². The molecule has 0 aliphatic heterocycles. The minimum atomic E-state index is -0.881. The van der Waals surface area contributed by atoms with Crippen LogP contribution in [0.5, 0.6) is 0 Å². The smallest absolute Gasteiger partial charge is 0.313 e. The van der Waals surface area contributed by atoms with Gasteiger partial charge in [0.15, 0.2) is 0 Å². The van der Waals surface area contributed by atoms with Gasteiger partial charge < -0.3 is 20.4 Å². The maximum absolute atomic E-state index is 9.29. The number of aliphatic hydroxyl groups is 2. The molecule has 0 spiro atoms. The Hall–Kier alpha value is -0.440. The van der Waals surface area contributed by atoms with Gasteiger partial charge >= 0.3 is 11.9 Å². The van der Waals surface area contributed by atoms with E-state index in [0.717, 1.165) is 12.8 Å². The van der Waals surface area contributed by atoms with Gasteiger partial charge in [0.1, 0.15) is 0 Å². The van der Waals surface area contributed by atoms with Crippen molar-refractivity contribution in [1.82, 2.24) is 0 Å². The van der Waals surface area contributed by atoms with Crippen molar-refractivity contribution in [1.29, 1.82) is 0 Å². The fourth-order valence-corrected chi connectivity index (χ4v) is 0.224. The zero-order valence-electron chi connectivity index (χ0n) is 8.74. The van der Waals surface area contributed by atoms with Crippen molar-refractivity contribution in [2.45, 2.75) is 12.8 Å². The lowest BCUT2D eigenvalue weighted by atomic mass is 10.3. The molecule has 0 aliphatic rings. The van der Waals surface area contributed by atoms with Gasteiger partial charge in [-0.05, 0) is 12.8 Å². The quantitative estimate of drug-likeness (QED) is 0.304. The van der Waals surface area contributed by atoms with Gasteiger partial charge in [-0.3, -0.25) is 9.59 Å². The topological polar surface area (TPSA) is 115 Å². The second kappa shape index (κ2) is 20.0. The van der Waals surface area contributed by atoms with Crippen LogP contribution in [0.3, 0.4) is 0 Å².